The first-order chi connectivity index (χ1) is 11.8. The highest BCUT2D eigenvalue weighted by molar-refractivity contribution is 8.02. The number of allylic oxidation sites excluding steroid dienone is 1. The SMILES string of the molecule is CCCCCCCCC=C(O[Si](C)(C)C(C)(C)C)Sc1ccccn1. The molecule has 1 heterocycles. The minimum Gasteiger partial charge on any atom is -0.539 e. The summed E-state index contributed by atoms with van der Waals surface area (Å²) in [6.45, 7) is 13.7. The zero-order valence-corrected chi connectivity index (χ0v) is 18.9. The maximum atomic E-state index is 6.57. The molecule has 0 fully saturated rings. The van der Waals surface area contributed by atoms with Crippen molar-refractivity contribution in [3.8, 4) is 0 Å². The molecule has 142 valence electrons. The van der Waals surface area contributed by atoms with Gasteiger partial charge in [-0.3, -0.25) is 0 Å². The van der Waals surface area contributed by atoms with Gasteiger partial charge in [0.05, 0.1) is 0 Å². The van der Waals surface area contributed by atoms with Gasteiger partial charge in [0.2, 0.25) is 0 Å². The molecule has 1 rings (SSSR count). The summed E-state index contributed by atoms with van der Waals surface area (Å²) in [5, 5.41) is 2.26. The minimum atomic E-state index is -1.82. The second kappa shape index (κ2) is 11.1. The molecule has 0 radical (unpaired) electrons. The first-order valence-corrected chi connectivity index (χ1v) is 13.5. The zero-order chi connectivity index (χ0) is 18.8. The fourth-order valence-electron chi connectivity index (χ4n) is 2.16. The molecule has 0 N–H and O–H groups in total. The van der Waals surface area contributed by atoms with Gasteiger partial charge in [-0.25, -0.2) is 4.98 Å². The first kappa shape index (κ1) is 22.3. The second-order valence-electron chi connectivity index (χ2n) is 8.21. The highest BCUT2D eigenvalue weighted by Crippen LogP contribution is 2.40. The van der Waals surface area contributed by atoms with E-state index in [1.807, 2.05) is 18.3 Å². The van der Waals surface area contributed by atoms with E-state index in [4.69, 9.17) is 4.43 Å². The Labute approximate surface area is 161 Å². The molecule has 0 spiro atoms. The summed E-state index contributed by atoms with van der Waals surface area (Å²) in [6, 6.07) is 6.05. The van der Waals surface area contributed by atoms with Crippen LogP contribution in [0.3, 0.4) is 0 Å². The van der Waals surface area contributed by atoms with E-state index in [1.165, 1.54) is 38.5 Å². The van der Waals surface area contributed by atoms with Gasteiger partial charge in [-0.2, -0.15) is 0 Å². The Kier molecular flexibility index (Phi) is 9.88. The molecule has 25 heavy (non-hydrogen) atoms. The second-order valence-corrected chi connectivity index (χ2v) is 14.0. The van der Waals surface area contributed by atoms with Crippen LogP contribution < -0.4 is 0 Å². The van der Waals surface area contributed by atoms with E-state index in [1.54, 1.807) is 11.8 Å². The molecule has 0 amide bonds. The fraction of sp³-hybridized carbons (Fsp3) is 0.667. The molecular weight excluding hydrogens is 342 g/mol. The topological polar surface area (TPSA) is 22.1 Å². The van der Waals surface area contributed by atoms with Crippen LogP contribution in [0.15, 0.2) is 40.6 Å². The van der Waals surface area contributed by atoms with Gasteiger partial charge in [0.25, 0.3) is 8.32 Å². The van der Waals surface area contributed by atoms with Crippen LogP contribution in [0.25, 0.3) is 0 Å². The summed E-state index contributed by atoms with van der Waals surface area (Å²) in [7, 11) is -1.82. The Morgan fingerprint density at radius 1 is 1.12 bits per heavy atom. The monoisotopic (exact) mass is 379 g/mol. The number of aromatic nitrogens is 1. The summed E-state index contributed by atoms with van der Waals surface area (Å²) in [5.41, 5.74) is 0. The van der Waals surface area contributed by atoms with Crippen molar-refractivity contribution in [2.24, 2.45) is 0 Å². The van der Waals surface area contributed by atoms with Crippen molar-refractivity contribution >= 4 is 20.1 Å². The summed E-state index contributed by atoms with van der Waals surface area (Å²) >= 11 is 1.67. The summed E-state index contributed by atoms with van der Waals surface area (Å²) in [4.78, 5) is 4.45. The Hall–Kier alpha value is -0.743. The number of hydrogen-bond donors (Lipinski definition) is 0. The van der Waals surface area contributed by atoms with Crippen molar-refractivity contribution in [2.45, 2.75) is 95.8 Å². The van der Waals surface area contributed by atoms with Gasteiger partial charge in [-0.15, -0.1) is 0 Å². The molecule has 0 bridgehead atoms. The van der Waals surface area contributed by atoms with E-state index in [-0.39, 0.29) is 5.04 Å². The Balaban J connectivity index is 2.66. The molecule has 2 nitrogen and oxygen atoms in total. The van der Waals surface area contributed by atoms with Gasteiger partial charge in [0.15, 0.2) is 0 Å². The van der Waals surface area contributed by atoms with Crippen LogP contribution in [-0.4, -0.2) is 13.3 Å². The molecule has 0 saturated heterocycles. The van der Waals surface area contributed by atoms with Gasteiger partial charge in [-0.05, 0) is 60.9 Å². The van der Waals surface area contributed by atoms with E-state index in [0.717, 1.165) is 16.5 Å². The third-order valence-corrected chi connectivity index (χ3v) is 10.3. The maximum Gasteiger partial charge on any atom is 0.251 e. The van der Waals surface area contributed by atoms with Gasteiger partial charge < -0.3 is 4.43 Å². The highest BCUT2D eigenvalue weighted by Gasteiger charge is 2.39. The number of pyridine rings is 1. The lowest BCUT2D eigenvalue weighted by atomic mass is 10.1. The van der Waals surface area contributed by atoms with E-state index in [2.05, 4.69) is 57.9 Å². The average molecular weight is 380 g/mol. The molecule has 0 saturated carbocycles. The molecule has 0 atom stereocenters. The summed E-state index contributed by atoms with van der Waals surface area (Å²) < 4.78 is 6.57. The van der Waals surface area contributed by atoms with Crippen LogP contribution in [-0.2, 0) is 4.43 Å². The molecular formula is C21H37NOSSi. The molecule has 0 aliphatic carbocycles. The standard InChI is InChI=1S/C21H37NOSSi/c1-7-8-9-10-11-12-13-17-20(23-25(5,6)21(2,3)4)24-19-16-14-15-18-22-19/h14-18H,7-13H2,1-6H3. The van der Waals surface area contributed by atoms with E-state index in [9.17, 15) is 0 Å². The van der Waals surface area contributed by atoms with Crippen LogP contribution in [0.4, 0.5) is 0 Å². The lowest BCUT2D eigenvalue weighted by Gasteiger charge is -2.37. The normalized spacial score (nSPS) is 13.1. The molecule has 1 aromatic rings. The van der Waals surface area contributed by atoms with Crippen LogP contribution in [0.5, 0.6) is 0 Å². The highest BCUT2D eigenvalue weighted by atomic mass is 32.2. The average Bonchev–Trinajstić information content (AvgIpc) is 2.53. The number of rotatable bonds is 11. The first-order valence-electron chi connectivity index (χ1n) is 9.74. The molecule has 0 aliphatic heterocycles. The summed E-state index contributed by atoms with van der Waals surface area (Å²) in [6.07, 6.45) is 13.2. The third kappa shape index (κ3) is 8.95. The van der Waals surface area contributed by atoms with Gasteiger partial charge in [0.1, 0.15) is 10.1 Å². The van der Waals surface area contributed by atoms with E-state index in [0.29, 0.717) is 0 Å². The Morgan fingerprint density at radius 2 is 1.80 bits per heavy atom. The Bertz CT molecular complexity index is 508. The van der Waals surface area contributed by atoms with Crippen LogP contribution in [0.2, 0.25) is 18.1 Å². The van der Waals surface area contributed by atoms with E-state index < -0.39 is 8.32 Å². The van der Waals surface area contributed by atoms with Crippen molar-refractivity contribution in [2.75, 3.05) is 0 Å². The third-order valence-electron chi connectivity index (χ3n) is 4.87. The molecule has 4 heteroatoms. The van der Waals surface area contributed by atoms with Crippen molar-refractivity contribution in [1.29, 1.82) is 0 Å². The largest absolute Gasteiger partial charge is 0.539 e. The predicted octanol–water partition coefficient (Wildman–Crippen LogP) is 7.79. The number of nitrogens with zero attached hydrogens (tertiary/aromatic N) is 1. The molecule has 0 aromatic carbocycles. The smallest absolute Gasteiger partial charge is 0.251 e. The number of hydrogen-bond acceptors (Lipinski definition) is 3. The van der Waals surface area contributed by atoms with E-state index >= 15 is 0 Å². The van der Waals surface area contributed by atoms with Crippen molar-refractivity contribution in [1.82, 2.24) is 4.98 Å². The van der Waals surface area contributed by atoms with Crippen molar-refractivity contribution in [3.05, 3.63) is 35.6 Å². The Morgan fingerprint density at radius 3 is 2.40 bits per heavy atom. The lowest BCUT2D eigenvalue weighted by Crippen LogP contribution is -2.40. The number of thioether (sulfide) groups is 1. The predicted molar refractivity (Wildman–Crippen MR) is 114 cm³/mol. The van der Waals surface area contributed by atoms with Crippen molar-refractivity contribution < 1.29 is 4.43 Å². The molecule has 1 aromatic heterocycles. The van der Waals surface area contributed by atoms with Crippen LogP contribution in [0.1, 0.15) is 72.6 Å². The van der Waals surface area contributed by atoms with Crippen LogP contribution >= 0.6 is 11.8 Å². The zero-order valence-electron chi connectivity index (χ0n) is 17.1. The van der Waals surface area contributed by atoms with Crippen molar-refractivity contribution in [3.63, 3.8) is 0 Å². The molecule has 0 aliphatic rings. The maximum absolute atomic E-state index is 6.57. The summed E-state index contributed by atoms with van der Waals surface area (Å²) in [5.74, 6) is 0. The number of unbranched alkanes of at least 4 members (excludes halogenated alkanes) is 6. The quantitative estimate of drug-likeness (QED) is 0.169. The lowest BCUT2D eigenvalue weighted by molar-refractivity contribution is 0.415. The van der Waals surface area contributed by atoms with Gasteiger partial charge >= 0.3 is 0 Å². The van der Waals surface area contributed by atoms with Crippen LogP contribution in [0, 0.1) is 0 Å². The fourth-order valence-corrected chi connectivity index (χ4v) is 4.52. The van der Waals surface area contributed by atoms with Gasteiger partial charge in [-0.1, -0.05) is 65.9 Å². The minimum absolute atomic E-state index is 0.205. The van der Waals surface area contributed by atoms with Gasteiger partial charge in [0, 0.05) is 6.20 Å². The molecule has 0 unspecified atom stereocenters.